The summed E-state index contributed by atoms with van der Waals surface area (Å²) in [6.07, 6.45) is 1.09. The Morgan fingerprint density at radius 2 is 1.96 bits per heavy atom. The van der Waals surface area contributed by atoms with Crippen molar-refractivity contribution in [3.05, 3.63) is 28.8 Å². The van der Waals surface area contributed by atoms with E-state index < -0.39 is 16.1 Å². The maximum absolute atomic E-state index is 12.5. The third kappa shape index (κ3) is 7.07. The van der Waals surface area contributed by atoms with E-state index in [0.29, 0.717) is 17.3 Å². The molecule has 0 fully saturated rings. The molecule has 1 N–H and O–H groups in total. The normalized spacial score (nSPS) is 13.4. The Morgan fingerprint density at radius 3 is 2.48 bits per heavy atom. The summed E-state index contributed by atoms with van der Waals surface area (Å²) < 4.78 is 25.8. The van der Waals surface area contributed by atoms with Crippen molar-refractivity contribution in [3.8, 4) is 0 Å². The fourth-order valence-electron chi connectivity index (χ4n) is 2.28. The fraction of sp³-hybridized carbons (Fsp3) is 0.588. The maximum Gasteiger partial charge on any atom is 0.243 e. The molecule has 0 bridgehead atoms. The Morgan fingerprint density at radius 1 is 1.36 bits per heavy atom. The molecule has 0 aliphatic heterocycles. The molecule has 1 rings (SSSR count). The average molecular weight is 407 g/mol. The molecule has 0 heterocycles. The van der Waals surface area contributed by atoms with Crippen LogP contribution in [0, 0.1) is 6.92 Å². The fourth-order valence-corrected chi connectivity index (χ4v) is 4.49. The van der Waals surface area contributed by atoms with Crippen molar-refractivity contribution in [1.29, 1.82) is 0 Å². The number of carbonyl (C=O) groups is 1. The van der Waals surface area contributed by atoms with Crippen LogP contribution in [-0.2, 0) is 14.8 Å². The van der Waals surface area contributed by atoms with Crippen LogP contribution in [0.15, 0.2) is 18.2 Å². The van der Waals surface area contributed by atoms with Crippen molar-refractivity contribution in [1.82, 2.24) is 5.32 Å². The maximum atomic E-state index is 12.5. The quantitative estimate of drug-likeness (QED) is 0.704. The summed E-state index contributed by atoms with van der Waals surface area (Å²) in [6.45, 7) is 10.2. The second-order valence-corrected chi connectivity index (χ2v) is 11.1. The van der Waals surface area contributed by atoms with Gasteiger partial charge < -0.3 is 5.32 Å². The Bertz CT molecular complexity index is 715. The number of nitrogens with one attached hydrogen (secondary N) is 1. The number of sulfonamides is 1. The van der Waals surface area contributed by atoms with Gasteiger partial charge in [-0.05, 0) is 31.5 Å². The Hall–Kier alpha value is -0.920. The van der Waals surface area contributed by atoms with E-state index in [4.69, 9.17) is 11.6 Å². The molecule has 1 aromatic rings. The van der Waals surface area contributed by atoms with Gasteiger partial charge in [-0.25, -0.2) is 8.42 Å². The standard InChI is InChI=1S/C17H27ClN2O3S2/c1-12-7-8-14(18)11-15(12)20(25(6,22)23)13(2)16(21)19-9-10-24-17(3,4)5/h7-8,11,13H,9-10H2,1-6H3,(H,19,21)/t13-/m0/s1. The predicted molar refractivity (Wildman–Crippen MR) is 108 cm³/mol. The lowest BCUT2D eigenvalue weighted by molar-refractivity contribution is -0.121. The lowest BCUT2D eigenvalue weighted by Crippen LogP contribution is -2.48. The first-order valence-corrected chi connectivity index (χ1v) is 11.2. The van der Waals surface area contributed by atoms with E-state index in [9.17, 15) is 13.2 Å². The summed E-state index contributed by atoms with van der Waals surface area (Å²) in [4.78, 5) is 12.5. The second kappa shape index (κ2) is 8.64. The number of aryl methyl sites for hydroxylation is 1. The van der Waals surface area contributed by atoms with Crippen LogP contribution in [0.25, 0.3) is 0 Å². The van der Waals surface area contributed by atoms with Gasteiger partial charge in [-0.3, -0.25) is 9.10 Å². The van der Waals surface area contributed by atoms with Crippen LogP contribution in [-0.4, -0.2) is 43.7 Å². The molecule has 0 unspecified atom stereocenters. The molecule has 0 aliphatic rings. The van der Waals surface area contributed by atoms with E-state index >= 15 is 0 Å². The molecule has 0 radical (unpaired) electrons. The van der Waals surface area contributed by atoms with E-state index in [1.807, 2.05) is 0 Å². The van der Waals surface area contributed by atoms with Gasteiger partial charge in [-0.15, -0.1) is 0 Å². The molecule has 0 aliphatic carbocycles. The van der Waals surface area contributed by atoms with Crippen LogP contribution >= 0.6 is 23.4 Å². The van der Waals surface area contributed by atoms with Gasteiger partial charge >= 0.3 is 0 Å². The van der Waals surface area contributed by atoms with Crippen LogP contribution in [0.4, 0.5) is 5.69 Å². The summed E-state index contributed by atoms with van der Waals surface area (Å²) >= 11 is 7.75. The lowest BCUT2D eigenvalue weighted by atomic mass is 10.2. The summed E-state index contributed by atoms with van der Waals surface area (Å²) in [5, 5.41) is 3.23. The molecular weight excluding hydrogens is 380 g/mol. The van der Waals surface area contributed by atoms with Crippen LogP contribution in [0.5, 0.6) is 0 Å². The Balaban J connectivity index is 2.93. The number of nitrogens with zero attached hydrogens (tertiary/aromatic N) is 1. The summed E-state index contributed by atoms with van der Waals surface area (Å²) in [5.41, 5.74) is 1.15. The van der Waals surface area contributed by atoms with Crippen molar-refractivity contribution < 1.29 is 13.2 Å². The number of amides is 1. The number of hydrogen-bond donors (Lipinski definition) is 1. The van der Waals surface area contributed by atoms with Gasteiger partial charge in [0.05, 0.1) is 11.9 Å². The van der Waals surface area contributed by atoms with Crippen molar-refractivity contribution in [2.45, 2.75) is 45.4 Å². The molecule has 8 heteroatoms. The SMILES string of the molecule is Cc1ccc(Cl)cc1N([C@@H](C)C(=O)NCCSC(C)(C)C)S(C)(=O)=O. The highest BCUT2D eigenvalue weighted by atomic mass is 35.5. The minimum atomic E-state index is -3.65. The summed E-state index contributed by atoms with van der Waals surface area (Å²) in [6, 6.07) is 4.12. The topological polar surface area (TPSA) is 66.5 Å². The summed E-state index contributed by atoms with van der Waals surface area (Å²) in [7, 11) is -3.65. The third-order valence-electron chi connectivity index (χ3n) is 3.43. The first kappa shape index (κ1) is 22.1. The van der Waals surface area contributed by atoms with Crippen LogP contribution in [0.1, 0.15) is 33.3 Å². The number of halogens is 1. The van der Waals surface area contributed by atoms with Crippen LogP contribution in [0.3, 0.4) is 0 Å². The van der Waals surface area contributed by atoms with Gasteiger partial charge in [0, 0.05) is 22.1 Å². The van der Waals surface area contributed by atoms with Gasteiger partial charge in [0.1, 0.15) is 6.04 Å². The largest absolute Gasteiger partial charge is 0.353 e. The van der Waals surface area contributed by atoms with Gasteiger partial charge in [-0.1, -0.05) is 38.4 Å². The number of hydrogen-bond acceptors (Lipinski definition) is 4. The van der Waals surface area contributed by atoms with Crippen LogP contribution in [0.2, 0.25) is 5.02 Å². The monoisotopic (exact) mass is 406 g/mol. The van der Waals surface area contributed by atoms with Crippen LogP contribution < -0.4 is 9.62 Å². The molecule has 0 saturated carbocycles. The van der Waals surface area contributed by atoms with E-state index in [0.717, 1.165) is 21.9 Å². The Labute approximate surface area is 160 Å². The zero-order valence-electron chi connectivity index (χ0n) is 15.6. The minimum absolute atomic E-state index is 0.118. The van der Waals surface area contributed by atoms with Gasteiger partial charge in [0.15, 0.2) is 0 Å². The number of rotatable bonds is 7. The molecule has 5 nitrogen and oxygen atoms in total. The Kier molecular flexibility index (Phi) is 7.65. The average Bonchev–Trinajstić information content (AvgIpc) is 2.44. The van der Waals surface area contributed by atoms with Crippen molar-refractivity contribution in [2.75, 3.05) is 22.9 Å². The number of thioether (sulfide) groups is 1. The molecule has 25 heavy (non-hydrogen) atoms. The molecule has 1 atom stereocenters. The number of anilines is 1. The molecule has 1 amide bonds. The third-order valence-corrected chi connectivity index (χ3v) is 6.17. The second-order valence-electron chi connectivity index (χ2n) is 6.92. The number of carbonyl (C=O) groups excluding carboxylic acids is 1. The van der Waals surface area contributed by atoms with Crippen molar-refractivity contribution >= 4 is 45.0 Å². The highest BCUT2D eigenvalue weighted by Crippen LogP contribution is 2.28. The van der Waals surface area contributed by atoms with Crippen molar-refractivity contribution in [3.63, 3.8) is 0 Å². The molecule has 1 aromatic carbocycles. The van der Waals surface area contributed by atoms with E-state index in [1.165, 1.54) is 0 Å². The number of benzene rings is 1. The highest BCUT2D eigenvalue weighted by Gasteiger charge is 2.30. The molecule has 0 aromatic heterocycles. The van der Waals surface area contributed by atoms with Gasteiger partial charge in [0.25, 0.3) is 0 Å². The summed E-state index contributed by atoms with van der Waals surface area (Å²) in [5.74, 6) is 0.427. The minimum Gasteiger partial charge on any atom is -0.353 e. The van der Waals surface area contributed by atoms with E-state index in [-0.39, 0.29) is 10.7 Å². The van der Waals surface area contributed by atoms with E-state index in [2.05, 4.69) is 26.1 Å². The molecular formula is C17H27ClN2O3S2. The zero-order valence-corrected chi connectivity index (χ0v) is 18.0. The molecule has 0 spiro atoms. The molecule has 142 valence electrons. The van der Waals surface area contributed by atoms with Crippen molar-refractivity contribution in [2.24, 2.45) is 0 Å². The van der Waals surface area contributed by atoms with Gasteiger partial charge in [-0.2, -0.15) is 11.8 Å². The van der Waals surface area contributed by atoms with Gasteiger partial charge in [0.2, 0.25) is 15.9 Å². The predicted octanol–water partition coefficient (Wildman–Crippen LogP) is 3.45. The molecule has 0 saturated heterocycles. The highest BCUT2D eigenvalue weighted by molar-refractivity contribution is 8.00. The smallest absolute Gasteiger partial charge is 0.243 e. The zero-order chi connectivity index (χ0) is 19.4. The first-order chi connectivity index (χ1) is 11.3. The lowest BCUT2D eigenvalue weighted by Gasteiger charge is -2.29. The first-order valence-electron chi connectivity index (χ1n) is 8.00. The van der Waals surface area contributed by atoms with E-state index in [1.54, 1.807) is 43.8 Å².